The van der Waals surface area contributed by atoms with Crippen molar-refractivity contribution >= 4 is 22.4 Å². The molecule has 2 aromatic carbocycles. The van der Waals surface area contributed by atoms with Gasteiger partial charge in [0.15, 0.2) is 0 Å². The van der Waals surface area contributed by atoms with Crippen molar-refractivity contribution in [2.75, 3.05) is 0 Å². The second-order valence-electron chi connectivity index (χ2n) is 5.61. The highest BCUT2D eigenvalue weighted by atomic mass is 35.5. The van der Waals surface area contributed by atoms with Crippen LogP contribution in [0.5, 0.6) is 0 Å². The molecule has 0 spiro atoms. The highest BCUT2D eigenvalue weighted by Gasteiger charge is 2.19. The zero-order chi connectivity index (χ0) is 15.0. The highest BCUT2D eigenvalue weighted by molar-refractivity contribution is 6.21. The Kier molecular flexibility index (Phi) is 3.77. The van der Waals surface area contributed by atoms with Crippen LogP contribution in [-0.4, -0.2) is 0 Å². The van der Waals surface area contributed by atoms with Crippen LogP contribution in [0, 0.1) is 20.8 Å². The summed E-state index contributed by atoms with van der Waals surface area (Å²) in [4.78, 5) is 0. The lowest BCUT2D eigenvalue weighted by Crippen LogP contribution is -1.98. The van der Waals surface area contributed by atoms with E-state index in [1.807, 2.05) is 13.8 Å². The number of hydrogen-bond donors (Lipinski definition) is 0. The molecule has 0 N–H and O–H groups in total. The van der Waals surface area contributed by atoms with E-state index >= 15 is 0 Å². The molecule has 108 valence electrons. The average molecular weight is 299 g/mol. The molecule has 0 bridgehead atoms. The Labute approximate surface area is 130 Å². The number of hydrogen-bond acceptors (Lipinski definition) is 1. The van der Waals surface area contributed by atoms with Crippen LogP contribution >= 0.6 is 11.6 Å². The Bertz CT molecular complexity index is 785. The number of rotatable bonds is 3. The first kappa shape index (κ1) is 14.2. The molecule has 3 rings (SSSR count). The molecule has 0 aliphatic carbocycles. The highest BCUT2D eigenvalue weighted by Crippen LogP contribution is 2.34. The third-order valence-electron chi connectivity index (χ3n) is 4.16. The fraction of sp³-hybridized carbons (Fsp3) is 0.263. The van der Waals surface area contributed by atoms with E-state index in [1.165, 1.54) is 21.9 Å². The fourth-order valence-electron chi connectivity index (χ4n) is 2.95. The van der Waals surface area contributed by atoms with Gasteiger partial charge in [0.1, 0.15) is 11.5 Å². The van der Waals surface area contributed by atoms with Gasteiger partial charge < -0.3 is 4.42 Å². The third kappa shape index (κ3) is 2.71. The molecule has 1 aromatic heterocycles. The Morgan fingerprint density at radius 2 is 1.67 bits per heavy atom. The van der Waals surface area contributed by atoms with Gasteiger partial charge in [0.05, 0.1) is 5.38 Å². The first-order chi connectivity index (χ1) is 10.1. The van der Waals surface area contributed by atoms with Gasteiger partial charge in [0.25, 0.3) is 0 Å². The summed E-state index contributed by atoms with van der Waals surface area (Å²) in [7, 11) is 0. The predicted molar refractivity (Wildman–Crippen MR) is 89.2 cm³/mol. The summed E-state index contributed by atoms with van der Waals surface area (Å²) < 4.78 is 5.69. The molecule has 0 saturated carbocycles. The van der Waals surface area contributed by atoms with Crippen molar-refractivity contribution in [2.45, 2.75) is 32.6 Å². The summed E-state index contributed by atoms with van der Waals surface area (Å²) in [6.45, 7) is 6.06. The molecule has 0 aliphatic rings. The second kappa shape index (κ2) is 5.57. The van der Waals surface area contributed by atoms with Crippen LogP contribution in [0.25, 0.3) is 10.8 Å². The topological polar surface area (TPSA) is 13.1 Å². The maximum absolute atomic E-state index is 6.66. The summed E-state index contributed by atoms with van der Waals surface area (Å²) in [5, 5.41) is 2.47. The van der Waals surface area contributed by atoms with Crippen molar-refractivity contribution in [1.82, 2.24) is 0 Å². The molecule has 0 saturated heterocycles. The summed E-state index contributed by atoms with van der Waals surface area (Å²) >= 11 is 6.66. The average Bonchev–Trinajstić information content (AvgIpc) is 2.72. The Morgan fingerprint density at radius 1 is 0.952 bits per heavy atom. The number of benzene rings is 2. The van der Waals surface area contributed by atoms with Crippen molar-refractivity contribution in [3.05, 3.63) is 70.7 Å². The molecule has 0 aliphatic heterocycles. The lowest BCUT2D eigenvalue weighted by molar-refractivity contribution is 0.499. The van der Waals surface area contributed by atoms with Crippen molar-refractivity contribution < 1.29 is 4.42 Å². The van der Waals surface area contributed by atoms with Crippen LogP contribution in [0.2, 0.25) is 0 Å². The van der Waals surface area contributed by atoms with Gasteiger partial charge in [-0.05, 0) is 49.1 Å². The van der Waals surface area contributed by atoms with E-state index in [1.54, 1.807) is 0 Å². The molecular weight excluding hydrogens is 280 g/mol. The first-order valence-corrected chi connectivity index (χ1v) is 7.68. The summed E-state index contributed by atoms with van der Waals surface area (Å²) in [6.07, 6.45) is 0.813. The maximum Gasteiger partial charge on any atom is 0.106 e. The predicted octanol–water partition coefficient (Wildman–Crippen LogP) is 5.88. The van der Waals surface area contributed by atoms with Gasteiger partial charge in [-0.25, -0.2) is 0 Å². The van der Waals surface area contributed by atoms with Crippen molar-refractivity contribution in [3.63, 3.8) is 0 Å². The van der Waals surface area contributed by atoms with E-state index < -0.39 is 0 Å². The number of fused-ring (bicyclic) bond motifs is 1. The van der Waals surface area contributed by atoms with Gasteiger partial charge in [-0.1, -0.05) is 42.5 Å². The lowest BCUT2D eigenvalue weighted by atomic mass is 9.99. The Balaban J connectivity index is 1.90. The van der Waals surface area contributed by atoms with Gasteiger partial charge in [-0.2, -0.15) is 0 Å². The number of halogens is 1. The van der Waals surface area contributed by atoms with E-state index in [-0.39, 0.29) is 5.38 Å². The standard InChI is InChI=1S/C19H19ClO/c1-12-13(2)21-14(3)19(12)18(20)11-15-8-9-16-6-4-5-7-17(16)10-15/h4-10,18H,11H2,1-3H3. The minimum Gasteiger partial charge on any atom is -0.466 e. The van der Waals surface area contributed by atoms with Crippen molar-refractivity contribution in [3.8, 4) is 0 Å². The zero-order valence-corrected chi connectivity index (χ0v) is 13.4. The number of aryl methyl sites for hydroxylation is 2. The van der Waals surface area contributed by atoms with Crippen molar-refractivity contribution in [2.24, 2.45) is 0 Å². The molecule has 0 radical (unpaired) electrons. The molecule has 0 amide bonds. The largest absolute Gasteiger partial charge is 0.466 e. The summed E-state index contributed by atoms with van der Waals surface area (Å²) in [6, 6.07) is 14.9. The van der Waals surface area contributed by atoms with Gasteiger partial charge in [0.2, 0.25) is 0 Å². The Hall–Kier alpha value is -1.73. The quantitative estimate of drug-likeness (QED) is 0.550. The fourth-order valence-corrected chi connectivity index (χ4v) is 3.44. The molecule has 1 heterocycles. The van der Waals surface area contributed by atoms with Gasteiger partial charge in [-0.15, -0.1) is 11.6 Å². The molecule has 21 heavy (non-hydrogen) atoms. The monoisotopic (exact) mass is 298 g/mol. The summed E-state index contributed by atoms with van der Waals surface area (Å²) in [5.74, 6) is 1.90. The van der Waals surface area contributed by atoms with E-state index in [2.05, 4.69) is 49.4 Å². The molecule has 1 nitrogen and oxygen atoms in total. The Morgan fingerprint density at radius 3 is 2.33 bits per heavy atom. The minimum absolute atomic E-state index is 0.0522. The normalized spacial score (nSPS) is 12.8. The zero-order valence-electron chi connectivity index (χ0n) is 12.6. The molecule has 1 atom stereocenters. The molecular formula is C19H19ClO. The van der Waals surface area contributed by atoms with Crippen LogP contribution in [0.15, 0.2) is 46.9 Å². The summed E-state index contributed by atoms with van der Waals surface area (Å²) in [5.41, 5.74) is 3.57. The molecule has 0 fully saturated rings. The molecule has 1 unspecified atom stereocenters. The molecule has 2 heteroatoms. The van der Waals surface area contributed by atoms with Crippen LogP contribution < -0.4 is 0 Å². The van der Waals surface area contributed by atoms with E-state index in [0.717, 1.165) is 23.5 Å². The number of alkyl halides is 1. The van der Waals surface area contributed by atoms with Gasteiger partial charge >= 0.3 is 0 Å². The van der Waals surface area contributed by atoms with Gasteiger partial charge in [-0.3, -0.25) is 0 Å². The second-order valence-corrected chi connectivity index (χ2v) is 6.13. The molecule has 3 aromatic rings. The van der Waals surface area contributed by atoms with Crippen LogP contribution in [-0.2, 0) is 6.42 Å². The maximum atomic E-state index is 6.66. The minimum atomic E-state index is -0.0522. The first-order valence-electron chi connectivity index (χ1n) is 7.24. The SMILES string of the molecule is Cc1oc(C)c(C(Cl)Cc2ccc3ccccc3c2)c1C. The van der Waals surface area contributed by atoms with E-state index in [9.17, 15) is 0 Å². The van der Waals surface area contributed by atoms with E-state index in [0.29, 0.717) is 0 Å². The van der Waals surface area contributed by atoms with Gasteiger partial charge in [0, 0.05) is 5.56 Å². The van der Waals surface area contributed by atoms with Crippen LogP contribution in [0.1, 0.15) is 33.6 Å². The van der Waals surface area contributed by atoms with E-state index in [4.69, 9.17) is 16.0 Å². The number of furan rings is 1. The smallest absolute Gasteiger partial charge is 0.106 e. The third-order valence-corrected chi connectivity index (χ3v) is 4.53. The van der Waals surface area contributed by atoms with Crippen molar-refractivity contribution in [1.29, 1.82) is 0 Å². The van der Waals surface area contributed by atoms with Crippen LogP contribution in [0.4, 0.5) is 0 Å². The van der Waals surface area contributed by atoms with Crippen LogP contribution in [0.3, 0.4) is 0 Å². The lowest BCUT2D eigenvalue weighted by Gasteiger charge is -2.11.